The normalized spacial score (nSPS) is 22.0. The van der Waals surface area contributed by atoms with E-state index in [0.29, 0.717) is 36.6 Å². The van der Waals surface area contributed by atoms with Gasteiger partial charge in [0.2, 0.25) is 0 Å². The van der Waals surface area contributed by atoms with Crippen molar-refractivity contribution < 1.29 is 24.5 Å². The molecule has 2 atom stereocenters. The molecule has 0 unspecified atom stereocenters. The maximum atomic E-state index is 12.5. The molecule has 1 aliphatic rings. The van der Waals surface area contributed by atoms with E-state index in [2.05, 4.69) is 0 Å². The number of ether oxygens (including phenoxy) is 2. The van der Waals surface area contributed by atoms with Gasteiger partial charge in [-0.05, 0) is 24.6 Å². The summed E-state index contributed by atoms with van der Waals surface area (Å²) in [5, 5.41) is 19.0. The Balaban J connectivity index is 2.16. The van der Waals surface area contributed by atoms with E-state index >= 15 is 0 Å². The van der Waals surface area contributed by atoms with Crippen molar-refractivity contribution in [1.82, 2.24) is 4.90 Å². The fourth-order valence-corrected chi connectivity index (χ4v) is 2.54. The number of rotatable bonds is 4. The van der Waals surface area contributed by atoms with Crippen LogP contribution in [-0.2, 0) is 0 Å². The molecule has 0 bridgehead atoms. The summed E-state index contributed by atoms with van der Waals surface area (Å²) in [7, 11) is 3.06. The Bertz CT molecular complexity index is 505. The topological polar surface area (TPSA) is 79.2 Å². The number of piperidine rings is 1. The molecule has 1 fully saturated rings. The van der Waals surface area contributed by atoms with Crippen LogP contribution >= 0.6 is 0 Å². The summed E-state index contributed by atoms with van der Waals surface area (Å²) < 4.78 is 10.3. The number of carbonyl (C=O) groups is 1. The first-order chi connectivity index (χ1) is 10.1. The molecule has 116 valence electrons. The van der Waals surface area contributed by atoms with Crippen molar-refractivity contribution in [3.05, 3.63) is 23.8 Å². The smallest absolute Gasteiger partial charge is 0.254 e. The molecule has 0 aromatic heterocycles. The number of aliphatic hydroxyl groups is 2. The number of hydrogen-bond donors (Lipinski definition) is 2. The van der Waals surface area contributed by atoms with E-state index in [1.807, 2.05) is 0 Å². The number of hydrogen-bond acceptors (Lipinski definition) is 5. The van der Waals surface area contributed by atoms with Crippen LogP contribution in [0.3, 0.4) is 0 Å². The summed E-state index contributed by atoms with van der Waals surface area (Å²) in [5.41, 5.74) is 0.501. The zero-order chi connectivity index (χ0) is 15.4. The van der Waals surface area contributed by atoms with Crippen LogP contribution in [0.1, 0.15) is 16.8 Å². The van der Waals surface area contributed by atoms with Gasteiger partial charge in [-0.25, -0.2) is 0 Å². The van der Waals surface area contributed by atoms with E-state index in [0.717, 1.165) is 0 Å². The highest BCUT2D eigenvalue weighted by Crippen LogP contribution is 2.28. The number of benzene rings is 1. The minimum atomic E-state index is -0.551. The quantitative estimate of drug-likeness (QED) is 0.846. The summed E-state index contributed by atoms with van der Waals surface area (Å²) in [6.45, 7) is 0.701. The lowest BCUT2D eigenvalue weighted by atomic mass is 9.95. The van der Waals surface area contributed by atoms with Gasteiger partial charge in [-0.15, -0.1) is 0 Å². The molecule has 2 N–H and O–H groups in total. The first-order valence-corrected chi connectivity index (χ1v) is 6.91. The lowest BCUT2D eigenvalue weighted by molar-refractivity contribution is 0.00343. The number of aliphatic hydroxyl groups excluding tert-OH is 2. The number of carbonyl (C=O) groups excluding carboxylic acids is 1. The summed E-state index contributed by atoms with van der Waals surface area (Å²) in [4.78, 5) is 14.1. The molecular formula is C15H21NO5. The van der Waals surface area contributed by atoms with Gasteiger partial charge in [-0.2, -0.15) is 0 Å². The maximum Gasteiger partial charge on any atom is 0.254 e. The van der Waals surface area contributed by atoms with Crippen molar-refractivity contribution in [3.63, 3.8) is 0 Å². The summed E-state index contributed by atoms with van der Waals surface area (Å²) in [6.07, 6.45) is -0.0750. The van der Waals surface area contributed by atoms with Crippen LogP contribution in [0, 0.1) is 5.92 Å². The highest BCUT2D eigenvalue weighted by Gasteiger charge is 2.30. The average Bonchev–Trinajstić information content (AvgIpc) is 2.53. The van der Waals surface area contributed by atoms with E-state index in [1.54, 1.807) is 23.1 Å². The monoisotopic (exact) mass is 295 g/mol. The van der Waals surface area contributed by atoms with Gasteiger partial charge in [0.05, 0.1) is 26.9 Å². The van der Waals surface area contributed by atoms with E-state index < -0.39 is 6.10 Å². The first-order valence-electron chi connectivity index (χ1n) is 6.91. The van der Waals surface area contributed by atoms with Crippen molar-refractivity contribution in [2.75, 3.05) is 33.9 Å². The number of methoxy groups -OCH3 is 2. The van der Waals surface area contributed by atoms with E-state index in [4.69, 9.17) is 9.47 Å². The molecule has 0 radical (unpaired) electrons. The number of likely N-dealkylation sites (tertiary alicyclic amines) is 1. The molecule has 1 aliphatic heterocycles. The fraction of sp³-hybridized carbons (Fsp3) is 0.533. The Morgan fingerprint density at radius 1 is 1.33 bits per heavy atom. The molecule has 2 rings (SSSR count). The second-order valence-corrected chi connectivity index (χ2v) is 5.12. The van der Waals surface area contributed by atoms with Crippen LogP contribution in [0.2, 0.25) is 0 Å². The minimum Gasteiger partial charge on any atom is -0.493 e. The van der Waals surface area contributed by atoms with Gasteiger partial charge < -0.3 is 24.6 Å². The Morgan fingerprint density at radius 3 is 2.67 bits per heavy atom. The van der Waals surface area contributed by atoms with Gasteiger partial charge in [0, 0.05) is 24.6 Å². The van der Waals surface area contributed by atoms with E-state index in [1.165, 1.54) is 14.2 Å². The van der Waals surface area contributed by atoms with Crippen molar-refractivity contribution in [2.24, 2.45) is 5.92 Å². The zero-order valence-electron chi connectivity index (χ0n) is 12.3. The van der Waals surface area contributed by atoms with Crippen LogP contribution in [-0.4, -0.2) is 61.0 Å². The standard InChI is InChI=1S/C15H21NO5/c1-20-13-4-3-10(7-14(13)21-2)15(19)16-6-5-12(18)11(8-16)9-17/h3-4,7,11-12,17-18H,5-6,8-9H2,1-2H3/t11-,12-/m0/s1. The minimum absolute atomic E-state index is 0.128. The van der Waals surface area contributed by atoms with Crippen LogP contribution in [0.15, 0.2) is 18.2 Å². The van der Waals surface area contributed by atoms with Crippen molar-refractivity contribution in [1.29, 1.82) is 0 Å². The van der Waals surface area contributed by atoms with Crippen molar-refractivity contribution in [2.45, 2.75) is 12.5 Å². The molecule has 0 aliphatic carbocycles. The Labute approximate surface area is 123 Å². The lowest BCUT2D eigenvalue weighted by Gasteiger charge is -2.35. The van der Waals surface area contributed by atoms with Gasteiger partial charge in [0.15, 0.2) is 11.5 Å². The Hall–Kier alpha value is -1.79. The third-order valence-electron chi connectivity index (χ3n) is 3.85. The fourth-order valence-electron chi connectivity index (χ4n) is 2.54. The molecule has 1 saturated heterocycles. The van der Waals surface area contributed by atoms with Crippen molar-refractivity contribution in [3.8, 4) is 11.5 Å². The highest BCUT2D eigenvalue weighted by atomic mass is 16.5. The van der Waals surface area contributed by atoms with Gasteiger partial charge in [0.1, 0.15) is 0 Å². The molecule has 0 saturated carbocycles. The van der Waals surface area contributed by atoms with Gasteiger partial charge >= 0.3 is 0 Å². The van der Waals surface area contributed by atoms with Gasteiger partial charge in [0.25, 0.3) is 5.91 Å². The highest BCUT2D eigenvalue weighted by molar-refractivity contribution is 5.95. The number of nitrogens with zero attached hydrogens (tertiary/aromatic N) is 1. The SMILES string of the molecule is COc1ccc(C(=O)N2CC[C@H](O)[C@H](CO)C2)cc1OC. The molecule has 1 heterocycles. The average molecular weight is 295 g/mol. The third kappa shape index (κ3) is 3.28. The molecule has 1 amide bonds. The molecule has 1 aromatic carbocycles. The van der Waals surface area contributed by atoms with Gasteiger partial charge in [-0.3, -0.25) is 4.79 Å². The van der Waals surface area contributed by atoms with E-state index in [-0.39, 0.29) is 18.4 Å². The third-order valence-corrected chi connectivity index (χ3v) is 3.85. The Kier molecular flexibility index (Phi) is 5.03. The molecule has 6 nitrogen and oxygen atoms in total. The molecule has 1 aromatic rings. The van der Waals surface area contributed by atoms with Crippen molar-refractivity contribution >= 4 is 5.91 Å². The zero-order valence-corrected chi connectivity index (χ0v) is 12.3. The molecular weight excluding hydrogens is 274 g/mol. The molecule has 21 heavy (non-hydrogen) atoms. The van der Waals surface area contributed by atoms with Crippen LogP contribution in [0.25, 0.3) is 0 Å². The molecule has 0 spiro atoms. The predicted molar refractivity (Wildman–Crippen MR) is 76.6 cm³/mol. The maximum absolute atomic E-state index is 12.5. The summed E-state index contributed by atoms with van der Waals surface area (Å²) in [6, 6.07) is 5.01. The largest absolute Gasteiger partial charge is 0.493 e. The molecule has 6 heteroatoms. The van der Waals surface area contributed by atoms with Crippen LogP contribution in [0.5, 0.6) is 11.5 Å². The first kappa shape index (κ1) is 15.6. The Morgan fingerprint density at radius 2 is 2.05 bits per heavy atom. The van der Waals surface area contributed by atoms with Crippen LogP contribution < -0.4 is 9.47 Å². The predicted octanol–water partition coefficient (Wildman–Crippen LogP) is 0.519. The van der Waals surface area contributed by atoms with Crippen LogP contribution in [0.4, 0.5) is 0 Å². The summed E-state index contributed by atoms with van der Waals surface area (Å²) in [5.74, 6) is 0.639. The summed E-state index contributed by atoms with van der Waals surface area (Å²) >= 11 is 0. The second kappa shape index (κ2) is 6.78. The van der Waals surface area contributed by atoms with Gasteiger partial charge in [-0.1, -0.05) is 0 Å². The lowest BCUT2D eigenvalue weighted by Crippen LogP contribution is -2.47. The second-order valence-electron chi connectivity index (χ2n) is 5.12. The number of amides is 1. The van der Waals surface area contributed by atoms with E-state index in [9.17, 15) is 15.0 Å².